The van der Waals surface area contributed by atoms with Crippen molar-refractivity contribution in [3.05, 3.63) is 71.1 Å². The molecule has 0 saturated carbocycles. The molecule has 0 saturated heterocycles. The Balaban J connectivity index is 1.58. The van der Waals surface area contributed by atoms with Crippen LogP contribution in [0.5, 0.6) is 0 Å². The van der Waals surface area contributed by atoms with Crippen LogP contribution < -0.4 is 5.32 Å². The summed E-state index contributed by atoms with van der Waals surface area (Å²) in [5.74, 6) is 1.02. The maximum absolute atomic E-state index is 9.74. The molecule has 26 heavy (non-hydrogen) atoms. The Morgan fingerprint density at radius 1 is 1.15 bits per heavy atom. The van der Waals surface area contributed by atoms with Gasteiger partial charge in [0.25, 0.3) is 0 Å². The van der Waals surface area contributed by atoms with Crippen LogP contribution in [-0.4, -0.2) is 32.9 Å². The fraction of sp³-hybridized carbons (Fsp3) is 0.200. The van der Waals surface area contributed by atoms with Crippen molar-refractivity contribution >= 4 is 22.8 Å². The van der Waals surface area contributed by atoms with Gasteiger partial charge in [0.2, 0.25) is 0 Å². The Hall–Kier alpha value is -2.70. The normalized spacial score (nSPS) is 12.3. The lowest BCUT2D eigenvalue weighted by molar-refractivity contribution is 0.232. The van der Waals surface area contributed by atoms with Crippen molar-refractivity contribution in [2.24, 2.45) is 5.92 Å². The maximum atomic E-state index is 9.74. The molecule has 4 aromatic rings. The number of rotatable bonds is 7. The fourth-order valence-corrected chi connectivity index (χ4v) is 3.67. The third-order valence-electron chi connectivity index (χ3n) is 4.36. The maximum Gasteiger partial charge on any atom is 0.157 e. The quantitative estimate of drug-likeness (QED) is 0.525. The number of aliphatic hydroxyl groups excluding tert-OH is 1. The highest BCUT2D eigenvalue weighted by Crippen LogP contribution is 2.22. The first-order valence-corrected chi connectivity index (χ1v) is 9.54. The third kappa shape index (κ3) is 3.61. The summed E-state index contributed by atoms with van der Waals surface area (Å²) in [5.41, 5.74) is 4.03. The lowest BCUT2D eigenvalue weighted by Gasteiger charge is -2.16. The van der Waals surface area contributed by atoms with E-state index >= 15 is 0 Å². The lowest BCUT2D eigenvalue weighted by atomic mass is 10.0. The van der Waals surface area contributed by atoms with E-state index in [1.165, 1.54) is 5.56 Å². The van der Waals surface area contributed by atoms with Crippen LogP contribution in [0.15, 0.2) is 65.5 Å². The molecule has 0 amide bonds. The zero-order valence-electron chi connectivity index (χ0n) is 14.2. The molecule has 4 rings (SSSR count). The van der Waals surface area contributed by atoms with E-state index in [0.717, 1.165) is 29.1 Å². The molecule has 2 N–H and O–H groups in total. The molecule has 0 aliphatic carbocycles. The molecule has 0 bridgehead atoms. The average Bonchev–Trinajstić information content (AvgIpc) is 3.37. The summed E-state index contributed by atoms with van der Waals surface area (Å²) in [5, 5.41) is 21.8. The number of fused-ring (bicyclic) bond motifs is 1. The highest BCUT2D eigenvalue weighted by molar-refractivity contribution is 7.07. The van der Waals surface area contributed by atoms with Crippen LogP contribution in [-0.2, 0) is 6.42 Å². The zero-order valence-corrected chi connectivity index (χ0v) is 15.1. The molecule has 0 unspecified atom stereocenters. The van der Waals surface area contributed by atoms with Crippen molar-refractivity contribution in [2.75, 3.05) is 18.5 Å². The molecule has 5 nitrogen and oxygen atoms in total. The van der Waals surface area contributed by atoms with Gasteiger partial charge in [0.05, 0.1) is 11.9 Å². The number of anilines is 1. The van der Waals surface area contributed by atoms with E-state index < -0.39 is 0 Å². The molecule has 0 spiro atoms. The summed E-state index contributed by atoms with van der Waals surface area (Å²) < 4.78 is 1.80. The van der Waals surface area contributed by atoms with Gasteiger partial charge in [-0.3, -0.25) is 0 Å². The van der Waals surface area contributed by atoms with Gasteiger partial charge < -0.3 is 10.4 Å². The van der Waals surface area contributed by atoms with Crippen LogP contribution in [0.25, 0.3) is 16.9 Å². The first kappa shape index (κ1) is 16.8. The van der Waals surface area contributed by atoms with Gasteiger partial charge in [-0.05, 0) is 28.8 Å². The molecule has 0 radical (unpaired) electrons. The van der Waals surface area contributed by atoms with E-state index in [1.807, 2.05) is 42.5 Å². The molecular formula is C20H20N4OS. The summed E-state index contributed by atoms with van der Waals surface area (Å²) in [7, 11) is 0. The fourth-order valence-electron chi connectivity index (χ4n) is 2.99. The van der Waals surface area contributed by atoms with Gasteiger partial charge in [0, 0.05) is 36.8 Å². The summed E-state index contributed by atoms with van der Waals surface area (Å²) in [6.45, 7) is 0.807. The Morgan fingerprint density at radius 3 is 2.81 bits per heavy atom. The van der Waals surface area contributed by atoms with Gasteiger partial charge in [0.1, 0.15) is 5.82 Å². The van der Waals surface area contributed by atoms with Crippen LogP contribution in [0, 0.1) is 5.92 Å². The molecule has 1 aromatic carbocycles. The van der Waals surface area contributed by atoms with E-state index in [1.54, 1.807) is 22.0 Å². The van der Waals surface area contributed by atoms with Crippen molar-refractivity contribution < 1.29 is 5.11 Å². The van der Waals surface area contributed by atoms with Gasteiger partial charge in [-0.2, -0.15) is 21.0 Å². The van der Waals surface area contributed by atoms with E-state index in [9.17, 15) is 5.11 Å². The van der Waals surface area contributed by atoms with Crippen molar-refractivity contribution in [1.82, 2.24) is 14.6 Å². The van der Waals surface area contributed by atoms with Gasteiger partial charge >= 0.3 is 0 Å². The topological polar surface area (TPSA) is 62.5 Å². The molecule has 3 aromatic heterocycles. The first-order chi connectivity index (χ1) is 12.8. The van der Waals surface area contributed by atoms with Crippen molar-refractivity contribution in [3.63, 3.8) is 0 Å². The predicted molar refractivity (Wildman–Crippen MR) is 106 cm³/mol. The number of thiophene rings is 1. The Bertz CT molecular complexity index is 966. The first-order valence-electron chi connectivity index (χ1n) is 8.59. The largest absolute Gasteiger partial charge is 0.396 e. The highest BCUT2D eigenvalue weighted by Gasteiger charge is 2.12. The Kier molecular flexibility index (Phi) is 4.95. The number of benzene rings is 1. The molecule has 3 heterocycles. The van der Waals surface area contributed by atoms with Gasteiger partial charge in [-0.1, -0.05) is 30.3 Å². The summed E-state index contributed by atoms with van der Waals surface area (Å²) >= 11 is 1.68. The van der Waals surface area contributed by atoms with Crippen LogP contribution in [0.4, 0.5) is 5.82 Å². The number of hydrogen-bond acceptors (Lipinski definition) is 5. The van der Waals surface area contributed by atoms with Gasteiger partial charge in [-0.15, -0.1) is 0 Å². The van der Waals surface area contributed by atoms with E-state index in [4.69, 9.17) is 0 Å². The lowest BCUT2D eigenvalue weighted by Crippen LogP contribution is -2.21. The second kappa shape index (κ2) is 7.68. The molecule has 6 heteroatoms. The van der Waals surface area contributed by atoms with Crippen LogP contribution in [0.2, 0.25) is 0 Å². The molecule has 0 fully saturated rings. The summed E-state index contributed by atoms with van der Waals surface area (Å²) in [4.78, 5) is 4.69. The van der Waals surface area contributed by atoms with Crippen LogP contribution >= 0.6 is 11.3 Å². The van der Waals surface area contributed by atoms with Crippen molar-refractivity contribution in [1.29, 1.82) is 0 Å². The molecule has 1 atom stereocenters. The molecular weight excluding hydrogens is 344 g/mol. The molecule has 0 aliphatic rings. The summed E-state index contributed by atoms with van der Waals surface area (Å²) in [6.07, 6.45) is 2.60. The second-order valence-electron chi connectivity index (χ2n) is 6.26. The summed E-state index contributed by atoms with van der Waals surface area (Å²) in [6, 6.07) is 16.1. The predicted octanol–water partition coefficient (Wildman–Crippen LogP) is 3.72. The number of aliphatic hydroxyl groups is 1. The van der Waals surface area contributed by atoms with E-state index in [2.05, 4.69) is 32.2 Å². The minimum absolute atomic E-state index is 0.141. The van der Waals surface area contributed by atoms with Crippen molar-refractivity contribution in [3.8, 4) is 11.3 Å². The zero-order chi connectivity index (χ0) is 17.8. The highest BCUT2D eigenvalue weighted by atomic mass is 32.1. The SMILES string of the molecule is OC[C@H](CNc1cc(-c2ccccc2)nc2ccnn12)Cc1ccsc1. The Labute approximate surface area is 156 Å². The van der Waals surface area contributed by atoms with Crippen LogP contribution in [0.3, 0.4) is 0 Å². The van der Waals surface area contributed by atoms with Crippen LogP contribution in [0.1, 0.15) is 5.56 Å². The standard InChI is InChI=1S/C20H20N4OS/c25-13-16(10-15-7-9-26-14-15)12-21-20-11-18(17-4-2-1-3-5-17)23-19-6-8-22-24(19)20/h1-9,11,14,16,21,25H,10,12-13H2/t16-/m0/s1. The third-order valence-corrected chi connectivity index (χ3v) is 5.10. The number of nitrogens with one attached hydrogen (secondary N) is 1. The second-order valence-corrected chi connectivity index (χ2v) is 7.04. The van der Waals surface area contributed by atoms with E-state index in [0.29, 0.717) is 6.54 Å². The van der Waals surface area contributed by atoms with Gasteiger partial charge in [0.15, 0.2) is 5.65 Å². The van der Waals surface area contributed by atoms with Gasteiger partial charge in [-0.25, -0.2) is 4.98 Å². The van der Waals surface area contributed by atoms with E-state index in [-0.39, 0.29) is 12.5 Å². The number of nitrogens with zero attached hydrogens (tertiary/aromatic N) is 3. The Morgan fingerprint density at radius 2 is 2.04 bits per heavy atom. The van der Waals surface area contributed by atoms with Crippen molar-refractivity contribution in [2.45, 2.75) is 6.42 Å². The number of hydrogen-bond donors (Lipinski definition) is 2. The minimum Gasteiger partial charge on any atom is -0.396 e. The molecule has 132 valence electrons. The minimum atomic E-state index is 0.141. The average molecular weight is 364 g/mol. The number of aromatic nitrogens is 3. The monoisotopic (exact) mass is 364 g/mol. The molecule has 0 aliphatic heterocycles. The smallest absolute Gasteiger partial charge is 0.157 e.